The normalized spacial score (nSPS) is 24.2. The molecule has 1 aromatic heterocycles. The van der Waals surface area contributed by atoms with E-state index in [1.807, 2.05) is 18.5 Å². The van der Waals surface area contributed by atoms with Gasteiger partial charge in [-0.15, -0.1) is 0 Å². The largest absolute Gasteiger partial charge is 0.462 e. The van der Waals surface area contributed by atoms with Crippen molar-refractivity contribution in [2.24, 2.45) is 5.41 Å². The summed E-state index contributed by atoms with van der Waals surface area (Å²) in [4.78, 5) is 21.2. The van der Waals surface area contributed by atoms with Crippen LogP contribution >= 0.6 is 0 Å². The number of carbonyl (C=O) groups excluding carboxylic acids is 1. The Hall–Kier alpha value is -1.62. The highest BCUT2D eigenvalue weighted by Gasteiger charge is 2.46. The minimum Gasteiger partial charge on any atom is -0.462 e. The first kappa shape index (κ1) is 17.2. The zero-order chi connectivity index (χ0) is 17.0. The molecule has 0 saturated carbocycles. The second-order valence-electron chi connectivity index (χ2n) is 7.05. The molecule has 1 aromatic rings. The Morgan fingerprint density at radius 2 is 2.00 bits per heavy atom. The number of cyclic esters (lactones) is 1. The van der Waals surface area contributed by atoms with E-state index in [-0.39, 0.29) is 17.5 Å². The van der Waals surface area contributed by atoms with Crippen LogP contribution in [0.5, 0.6) is 0 Å². The van der Waals surface area contributed by atoms with Gasteiger partial charge in [0.05, 0.1) is 17.3 Å². The predicted octanol–water partition coefficient (Wildman–Crippen LogP) is 2.72. The number of hydrogen-bond donors (Lipinski definition) is 0. The van der Waals surface area contributed by atoms with Crippen molar-refractivity contribution in [2.75, 3.05) is 37.6 Å². The molecule has 0 spiro atoms. The summed E-state index contributed by atoms with van der Waals surface area (Å²) in [6.07, 6.45) is 7.49. The van der Waals surface area contributed by atoms with Gasteiger partial charge in [-0.25, -0.2) is 0 Å². The zero-order valence-electron chi connectivity index (χ0n) is 14.9. The third-order valence-electron chi connectivity index (χ3n) is 5.83. The first-order valence-corrected chi connectivity index (χ1v) is 9.25. The smallest absolute Gasteiger partial charge is 0.312 e. The summed E-state index contributed by atoms with van der Waals surface area (Å²) < 4.78 is 5.66. The van der Waals surface area contributed by atoms with Crippen molar-refractivity contribution in [2.45, 2.75) is 45.6 Å². The van der Waals surface area contributed by atoms with Gasteiger partial charge in [-0.05, 0) is 31.4 Å². The van der Waals surface area contributed by atoms with E-state index in [4.69, 9.17) is 4.74 Å². The fraction of sp³-hybridized carbons (Fsp3) is 0.684. The van der Waals surface area contributed by atoms with Crippen LogP contribution < -0.4 is 4.90 Å². The third-order valence-corrected chi connectivity index (χ3v) is 5.83. The number of piperazine rings is 1. The molecule has 1 atom stereocenters. The third kappa shape index (κ3) is 3.56. The second-order valence-corrected chi connectivity index (χ2v) is 7.05. The van der Waals surface area contributed by atoms with Crippen LogP contribution in [-0.2, 0) is 9.53 Å². The molecule has 2 fully saturated rings. The molecule has 0 bridgehead atoms. The van der Waals surface area contributed by atoms with Gasteiger partial charge in [0, 0.05) is 45.3 Å². The number of hydrogen-bond acceptors (Lipinski definition) is 5. The zero-order valence-corrected chi connectivity index (χ0v) is 14.9. The lowest BCUT2D eigenvalue weighted by Gasteiger charge is -2.36. The second kappa shape index (κ2) is 7.51. The number of nitrogens with zero attached hydrogens (tertiary/aromatic N) is 3. The Morgan fingerprint density at radius 3 is 2.58 bits per heavy atom. The lowest BCUT2D eigenvalue weighted by atomic mass is 9.79. The Bertz CT molecular complexity index is 537. The van der Waals surface area contributed by atoms with E-state index in [0.717, 1.165) is 58.4 Å². The number of ether oxygens (including phenoxy) is 1. The molecule has 1 unspecified atom stereocenters. The van der Waals surface area contributed by atoms with Crippen molar-refractivity contribution in [3.8, 4) is 0 Å². The Balaban J connectivity index is 1.44. The van der Waals surface area contributed by atoms with Gasteiger partial charge in [-0.1, -0.05) is 13.8 Å². The predicted molar refractivity (Wildman–Crippen MR) is 95.0 cm³/mol. The van der Waals surface area contributed by atoms with E-state index in [1.165, 1.54) is 5.69 Å². The molecule has 0 amide bonds. The molecule has 5 nitrogen and oxygen atoms in total. The first-order valence-electron chi connectivity index (χ1n) is 9.25. The summed E-state index contributed by atoms with van der Waals surface area (Å²) in [7, 11) is 0. The standard InChI is InChI=1S/C19H29N3O2/c1-3-19(4-2)14-17(24-18(19)23)7-9-21-10-12-22(13-11-21)16-6-5-8-20-15-16/h5-6,8,15,17H,3-4,7,9-14H2,1-2H3. The topological polar surface area (TPSA) is 45.7 Å². The number of rotatable bonds is 6. The van der Waals surface area contributed by atoms with Crippen molar-refractivity contribution in [1.29, 1.82) is 0 Å². The molecular formula is C19H29N3O2. The van der Waals surface area contributed by atoms with Crippen LogP contribution in [0.25, 0.3) is 0 Å². The average molecular weight is 331 g/mol. The summed E-state index contributed by atoms with van der Waals surface area (Å²) in [6, 6.07) is 4.11. The van der Waals surface area contributed by atoms with Gasteiger partial charge in [0.25, 0.3) is 0 Å². The van der Waals surface area contributed by atoms with E-state index in [1.54, 1.807) is 0 Å². The maximum Gasteiger partial charge on any atom is 0.312 e. The molecule has 3 rings (SSSR count). The van der Waals surface area contributed by atoms with E-state index < -0.39 is 0 Å². The highest BCUT2D eigenvalue weighted by Crippen LogP contribution is 2.41. The Kier molecular flexibility index (Phi) is 5.39. The molecule has 3 heterocycles. The van der Waals surface area contributed by atoms with Crippen molar-refractivity contribution in [1.82, 2.24) is 9.88 Å². The Morgan fingerprint density at radius 1 is 1.25 bits per heavy atom. The van der Waals surface area contributed by atoms with Crippen molar-refractivity contribution >= 4 is 11.7 Å². The molecule has 2 aliphatic rings. The van der Waals surface area contributed by atoms with Gasteiger partial charge in [0.15, 0.2) is 0 Å². The molecule has 2 saturated heterocycles. The van der Waals surface area contributed by atoms with Crippen LogP contribution in [0.1, 0.15) is 39.5 Å². The number of pyridine rings is 1. The minimum atomic E-state index is -0.219. The summed E-state index contributed by atoms with van der Waals surface area (Å²) in [6.45, 7) is 9.40. The van der Waals surface area contributed by atoms with Gasteiger partial charge in [-0.3, -0.25) is 14.7 Å². The monoisotopic (exact) mass is 331 g/mol. The van der Waals surface area contributed by atoms with Gasteiger partial charge < -0.3 is 9.64 Å². The van der Waals surface area contributed by atoms with E-state index in [9.17, 15) is 4.79 Å². The molecule has 132 valence electrons. The fourth-order valence-electron chi connectivity index (χ4n) is 3.92. The van der Waals surface area contributed by atoms with Crippen LogP contribution in [-0.4, -0.2) is 54.7 Å². The highest BCUT2D eigenvalue weighted by molar-refractivity contribution is 5.78. The number of anilines is 1. The van der Waals surface area contributed by atoms with Crippen molar-refractivity contribution < 1.29 is 9.53 Å². The van der Waals surface area contributed by atoms with Gasteiger partial charge in [0.1, 0.15) is 6.10 Å². The van der Waals surface area contributed by atoms with E-state index in [2.05, 4.69) is 34.7 Å². The van der Waals surface area contributed by atoms with Crippen molar-refractivity contribution in [3.05, 3.63) is 24.5 Å². The highest BCUT2D eigenvalue weighted by atomic mass is 16.6. The molecular weight excluding hydrogens is 302 g/mol. The molecule has 2 aliphatic heterocycles. The number of carbonyl (C=O) groups is 1. The van der Waals surface area contributed by atoms with Crippen LogP contribution in [0.2, 0.25) is 0 Å². The summed E-state index contributed by atoms with van der Waals surface area (Å²) in [5.74, 6) is 0.0268. The number of aromatic nitrogens is 1. The minimum absolute atomic E-state index is 0.0268. The molecule has 0 radical (unpaired) electrons. The van der Waals surface area contributed by atoms with E-state index in [0.29, 0.717) is 0 Å². The van der Waals surface area contributed by atoms with Crippen molar-refractivity contribution in [3.63, 3.8) is 0 Å². The lowest BCUT2D eigenvalue weighted by Crippen LogP contribution is -2.47. The van der Waals surface area contributed by atoms with E-state index >= 15 is 0 Å². The molecule has 0 aliphatic carbocycles. The van der Waals surface area contributed by atoms with Crippen LogP contribution in [0.3, 0.4) is 0 Å². The SMILES string of the molecule is CCC1(CC)CC(CCN2CCN(c3cccnc3)CC2)OC1=O. The number of esters is 1. The molecule has 0 N–H and O–H groups in total. The van der Waals surface area contributed by atoms with Crippen LogP contribution in [0.4, 0.5) is 5.69 Å². The maximum atomic E-state index is 12.2. The maximum absolute atomic E-state index is 12.2. The van der Waals surface area contributed by atoms with Gasteiger partial charge in [0.2, 0.25) is 0 Å². The summed E-state index contributed by atoms with van der Waals surface area (Å²) in [5, 5.41) is 0. The molecule has 5 heteroatoms. The fourth-order valence-corrected chi connectivity index (χ4v) is 3.92. The summed E-state index contributed by atoms with van der Waals surface area (Å²) in [5.41, 5.74) is 0.987. The van der Waals surface area contributed by atoms with Crippen LogP contribution in [0, 0.1) is 5.41 Å². The van der Waals surface area contributed by atoms with Gasteiger partial charge in [-0.2, -0.15) is 0 Å². The summed E-state index contributed by atoms with van der Waals surface area (Å²) >= 11 is 0. The average Bonchev–Trinajstić information content (AvgIpc) is 2.97. The molecule has 0 aromatic carbocycles. The lowest BCUT2D eigenvalue weighted by molar-refractivity contribution is -0.149. The van der Waals surface area contributed by atoms with Crippen LogP contribution in [0.15, 0.2) is 24.5 Å². The van der Waals surface area contributed by atoms with Gasteiger partial charge >= 0.3 is 5.97 Å². The Labute approximate surface area is 145 Å². The quantitative estimate of drug-likeness (QED) is 0.750. The molecule has 24 heavy (non-hydrogen) atoms. The first-order chi connectivity index (χ1) is 11.7.